The Labute approximate surface area is 208 Å². The van der Waals surface area contributed by atoms with E-state index in [0.717, 1.165) is 16.7 Å². The largest absolute Gasteiger partial charge is 0.388 e. The molecule has 0 radical (unpaired) electrons. The first kappa shape index (κ1) is 23.9. The first-order chi connectivity index (χ1) is 17.5. The number of aromatic nitrogens is 2. The predicted octanol–water partition coefficient (Wildman–Crippen LogP) is 3.50. The number of hydrogen-bond acceptors (Lipinski definition) is 5. The van der Waals surface area contributed by atoms with Crippen molar-refractivity contribution in [2.75, 3.05) is 6.61 Å². The van der Waals surface area contributed by atoms with E-state index in [0.29, 0.717) is 5.56 Å². The summed E-state index contributed by atoms with van der Waals surface area (Å²) in [6.45, 7) is 1.77. The molecule has 0 spiro atoms. The lowest BCUT2D eigenvalue weighted by Crippen LogP contribution is -2.37. The van der Waals surface area contributed by atoms with Crippen LogP contribution >= 0.6 is 0 Å². The van der Waals surface area contributed by atoms with Gasteiger partial charge >= 0.3 is 5.69 Å². The number of aryl methyl sites for hydroxylation is 1. The highest BCUT2D eigenvalue weighted by Gasteiger charge is 2.41. The number of nitrogens with zero attached hydrogens (tertiary/aromatic N) is 1. The van der Waals surface area contributed by atoms with Crippen molar-refractivity contribution in [2.24, 2.45) is 0 Å². The van der Waals surface area contributed by atoms with Crippen molar-refractivity contribution < 1.29 is 14.6 Å². The van der Waals surface area contributed by atoms with Gasteiger partial charge in [0, 0.05) is 18.2 Å². The first-order valence-electron chi connectivity index (χ1n) is 11.9. The number of nitrogens with one attached hydrogen (secondary N) is 1. The van der Waals surface area contributed by atoms with Crippen LogP contribution in [0.2, 0.25) is 0 Å². The van der Waals surface area contributed by atoms with Crippen molar-refractivity contribution in [3.05, 3.63) is 140 Å². The van der Waals surface area contributed by atoms with Crippen LogP contribution in [0.4, 0.5) is 0 Å². The van der Waals surface area contributed by atoms with Gasteiger partial charge in [0.05, 0.1) is 12.7 Å². The number of aliphatic hydroxyl groups excluding tert-OH is 1. The Hall–Kier alpha value is -3.78. The fourth-order valence-electron chi connectivity index (χ4n) is 4.85. The lowest BCUT2D eigenvalue weighted by atomic mass is 9.80. The smallest absolute Gasteiger partial charge is 0.330 e. The second kappa shape index (κ2) is 10.1. The molecular formula is C29H28N2O5. The minimum Gasteiger partial charge on any atom is -0.388 e. The maximum Gasteiger partial charge on any atom is 0.330 e. The van der Waals surface area contributed by atoms with Crippen molar-refractivity contribution in [2.45, 2.75) is 37.4 Å². The molecule has 36 heavy (non-hydrogen) atoms. The molecule has 1 aliphatic rings. The van der Waals surface area contributed by atoms with E-state index in [1.807, 2.05) is 91.0 Å². The van der Waals surface area contributed by atoms with E-state index in [4.69, 9.17) is 9.47 Å². The predicted molar refractivity (Wildman–Crippen MR) is 136 cm³/mol. The first-order valence-corrected chi connectivity index (χ1v) is 11.9. The van der Waals surface area contributed by atoms with Gasteiger partial charge in [-0.3, -0.25) is 14.3 Å². The zero-order valence-electron chi connectivity index (χ0n) is 19.9. The normalized spacial score (nSPS) is 19.9. The van der Waals surface area contributed by atoms with E-state index in [2.05, 4.69) is 4.98 Å². The van der Waals surface area contributed by atoms with Crippen LogP contribution in [0.1, 0.15) is 34.9 Å². The van der Waals surface area contributed by atoms with Crippen LogP contribution in [0.5, 0.6) is 0 Å². The molecule has 7 heteroatoms. The van der Waals surface area contributed by atoms with Gasteiger partial charge in [0.15, 0.2) is 6.23 Å². The summed E-state index contributed by atoms with van der Waals surface area (Å²) in [5.41, 5.74) is 1.26. The number of benzene rings is 3. The summed E-state index contributed by atoms with van der Waals surface area (Å²) in [6.07, 6.45) is -0.619. The molecule has 0 saturated carbocycles. The quantitative estimate of drug-likeness (QED) is 0.392. The van der Waals surface area contributed by atoms with Crippen molar-refractivity contribution in [1.29, 1.82) is 0 Å². The third-order valence-electron chi connectivity index (χ3n) is 6.61. The van der Waals surface area contributed by atoms with E-state index >= 15 is 0 Å². The summed E-state index contributed by atoms with van der Waals surface area (Å²) in [5, 5.41) is 10.7. The summed E-state index contributed by atoms with van der Waals surface area (Å²) < 4.78 is 14.1. The number of hydrogen-bond donors (Lipinski definition) is 2. The summed E-state index contributed by atoms with van der Waals surface area (Å²) in [4.78, 5) is 26.4. The van der Waals surface area contributed by atoms with Crippen molar-refractivity contribution in [3.63, 3.8) is 0 Å². The van der Waals surface area contributed by atoms with Crippen molar-refractivity contribution in [3.8, 4) is 0 Å². The molecule has 1 saturated heterocycles. The molecule has 3 aromatic carbocycles. The Morgan fingerprint density at radius 3 is 1.92 bits per heavy atom. The average molecular weight is 485 g/mol. The third kappa shape index (κ3) is 4.44. The molecule has 7 nitrogen and oxygen atoms in total. The Balaban J connectivity index is 1.49. The Morgan fingerprint density at radius 1 is 0.917 bits per heavy atom. The second-order valence-electron chi connectivity index (χ2n) is 9.02. The molecule has 4 aromatic rings. The monoisotopic (exact) mass is 484 g/mol. The van der Waals surface area contributed by atoms with Crippen molar-refractivity contribution in [1.82, 2.24) is 9.55 Å². The highest BCUT2D eigenvalue weighted by Crippen LogP contribution is 2.41. The van der Waals surface area contributed by atoms with Gasteiger partial charge in [0.25, 0.3) is 5.56 Å². The SMILES string of the molecule is Cc1cn([C@@H]2O[C@H](COC(c3ccccc3)(c3ccccc3)c3ccccc3)C[C@@H]2O)c(=O)[nH]c1=O. The number of H-pyrrole nitrogens is 1. The van der Waals surface area contributed by atoms with Crippen LogP contribution < -0.4 is 11.2 Å². The lowest BCUT2D eigenvalue weighted by molar-refractivity contribution is -0.0876. The molecule has 5 rings (SSSR count). The van der Waals surface area contributed by atoms with Gasteiger partial charge in [-0.25, -0.2) is 4.79 Å². The minimum atomic E-state index is -0.929. The number of aromatic amines is 1. The molecule has 1 aromatic heterocycles. The Morgan fingerprint density at radius 2 is 1.42 bits per heavy atom. The zero-order valence-corrected chi connectivity index (χ0v) is 19.9. The van der Waals surface area contributed by atoms with E-state index < -0.39 is 35.3 Å². The topological polar surface area (TPSA) is 93.6 Å². The van der Waals surface area contributed by atoms with Crippen molar-refractivity contribution >= 4 is 0 Å². The molecule has 0 bridgehead atoms. The minimum absolute atomic E-state index is 0.170. The number of ether oxygens (including phenoxy) is 2. The molecule has 0 amide bonds. The van der Waals surface area contributed by atoms with E-state index in [1.165, 1.54) is 10.8 Å². The fourth-order valence-corrected chi connectivity index (χ4v) is 4.85. The summed E-state index contributed by atoms with van der Waals surface area (Å²) in [6, 6.07) is 30.0. The van der Waals surface area contributed by atoms with Gasteiger partial charge in [-0.15, -0.1) is 0 Å². The Bertz CT molecular complexity index is 1320. The van der Waals surface area contributed by atoms with Gasteiger partial charge in [-0.1, -0.05) is 91.0 Å². The van der Waals surface area contributed by atoms with Gasteiger partial charge in [-0.05, 0) is 23.6 Å². The number of rotatable bonds is 7. The summed E-state index contributed by atoms with van der Waals surface area (Å²) >= 11 is 0. The highest BCUT2D eigenvalue weighted by molar-refractivity contribution is 5.47. The molecule has 0 unspecified atom stereocenters. The van der Waals surface area contributed by atoms with Crippen LogP contribution in [-0.2, 0) is 15.1 Å². The van der Waals surface area contributed by atoms with E-state index in [9.17, 15) is 14.7 Å². The Kier molecular flexibility index (Phi) is 6.69. The van der Waals surface area contributed by atoms with Gasteiger partial charge in [0.1, 0.15) is 11.7 Å². The molecule has 2 N–H and O–H groups in total. The highest BCUT2D eigenvalue weighted by atomic mass is 16.6. The molecule has 3 atom stereocenters. The molecule has 2 heterocycles. The molecule has 184 valence electrons. The van der Waals surface area contributed by atoms with E-state index in [1.54, 1.807) is 6.92 Å². The van der Waals surface area contributed by atoms with Crippen LogP contribution in [0.15, 0.2) is 107 Å². The second-order valence-corrected chi connectivity index (χ2v) is 9.02. The third-order valence-corrected chi connectivity index (χ3v) is 6.61. The molecule has 1 aliphatic heterocycles. The summed E-state index contributed by atoms with van der Waals surface area (Å²) in [7, 11) is 0. The fraction of sp³-hybridized carbons (Fsp3) is 0.241. The standard InChI is InChI=1S/C29H28N2O5/c1-20-18-31(28(34)30-26(20)33)27-25(32)17-24(36-27)19-35-29(21-11-5-2-6-12-21,22-13-7-3-8-14-22)23-15-9-4-10-16-23/h2-16,18,24-25,27,32H,17,19H2,1H3,(H,30,33,34)/t24-,25-,27+/m0/s1. The maximum absolute atomic E-state index is 12.4. The molecular weight excluding hydrogens is 456 g/mol. The van der Waals surface area contributed by atoms with Crippen LogP contribution in [0.3, 0.4) is 0 Å². The molecule has 1 fully saturated rings. The van der Waals surface area contributed by atoms with Crippen LogP contribution in [0.25, 0.3) is 0 Å². The zero-order chi connectivity index (χ0) is 25.1. The van der Waals surface area contributed by atoms with Gasteiger partial charge in [-0.2, -0.15) is 0 Å². The average Bonchev–Trinajstić information content (AvgIpc) is 3.28. The lowest BCUT2D eigenvalue weighted by Gasteiger charge is -2.36. The van der Waals surface area contributed by atoms with E-state index in [-0.39, 0.29) is 13.0 Å². The molecule has 0 aliphatic carbocycles. The van der Waals surface area contributed by atoms with Gasteiger partial charge in [0.2, 0.25) is 0 Å². The maximum atomic E-state index is 12.4. The van der Waals surface area contributed by atoms with Crippen LogP contribution in [0, 0.1) is 6.92 Å². The summed E-state index contributed by atoms with van der Waals surface area (Å²) in [5.74, 6) is 0. The number of aliphatic hydroxyl groups is 1. The van der Waals surface area contributed by atoms with Gasteiger partial charge < -0.3 is 14.6 Å². The van der Waals surface area contributed by atoms with Crippen LogP contribution in [-0.4, -0.2) is 33.5 Å².